The van der Waals surface area contributed by atoms with Crippen LogP contribution in [0, 0.1) is 6.92 Å². The molecule has 2 aromatic carbocycles. The normalized spacial score (nSPS) is 10.5. The van der Waals surface area contributed by atoms with E-state index in [1.54, 1.807) is 14.2 Å². The number of rotatable bonds is 6. The second-order valence-electron chi connectivity index (χ2n) is 5.24. The van der Waals surface area contributed by atoms with E-state index in [-0.39, 0.29) is 0 Å². The van der Waals surface area contributed by atoms with Crippen molar-refractivity contribution in [1.82, 2.24) is 10.2 Å². The van der Waals surface area contributed by atoms with E-state index in [0.29, 0.717) is 29.8 Å². The second-order valence-corrected chi connectivity index (χ2v) is 5.24. The van der Waals surface area contributed by atoms with Gasteiger partial charge in [0.2, 0.25) is 11.8 Å². The zero-order valence-electron chi connectivity index (χ0n) is 13.9. The topological polar surface area (TPSA) is 69.4 Å². The highest BCUT2D eigenvalue weighted by molar-refractivity contribution is 5.59. The van der Waals surface area contributed by atoms with Gasteiger partial charge in [-0.1, -0.05) is 18.2 Å². The molecule has 0 spiro atoms. The molecule has 124 valence electrons. The fourth-order valence-corrected chi connectivity index (χ4v) is 2.35. The van der Waals surface area contributed by atoms with E-state index in [4.69, 9.17) is 13.9 Å². The molecule has 1 N–H and O–H groups in total. The Morgan fingerprint density at radius 3 is 2.54 bits per heavy atom. The summed E-state index contributed by atoms with van der Waals surface area (Å²) in [7, 11) is 3.19. The van der Waals surface area contributed by atoms with Gasteiger partial charge in [-0.2, -0.15) is 0 Å². The van der Waals surface area contributed by atoms with Crippen LogP contribution in [0.15, 0.2) is 46.9 Å². The number of hydrogen-bond donors (Lipinski definition) is 1. The maximum absolute atomic E-state index is 5.72. The molecule has 0 aliphatic rings. The zero-order chi connectivity index (χ0) is 16.9. The number of para-hydroxylation sites is 1. The molecule has 24 heavy (non-hydrogen) atoms. The zero-order valence-corrected chi connectivity index (χ0v) is 13.9. The summed E-state index contributed by atoms with van der Waals surface area (Å²) in [6.07, 6.45) is 0. The van der Waals surface area contributed by atoms with Gasteiger partial charge in [0.25, 0.3) is 0 Å². The Morgan fingerprint density at radius 1 is 1.00 bits per heavy atom. The summed E-state index contributed by atoms with van der Waals surface area (Å²) in [5, 5.41) is 11.5. The molecule has 1 aromatic heterocycles. The number of benzene rings is 2. The highest BCUT2D eigenvalue weighted by Crippen LogP contribution is 2.31. The summed E-state index contributed by atoms with van der Waals surface area (Å²) in [6, 6.07) is 13.5. The van der Waals surface area contributed by atoms with Crippen molar-refractivity contribution in [2.45, 2.75) is 13.5 Å². The molecule has 6 heteroatoms. The van der Waals surface area contributed by atoms with Gasteiger partial charge in [0.05, 0.1) is 20.8 Å². The van der Waals surface area contributed by atoms with Gasteiger partial charge >= 0.3 is 0 Å². The van der Waals surface area contributed by atoms with E-state index in [1.807, 2.05) is 49.4 Å². The van der Waals surface area contributed by atoms with E-state index in [1.165, 1.54) is 0 Å². The number of hydrogen-bond acceptors (Lipinski definition) is 6. The fraction of sp³-hybridized carbons (Fsp3) is 0.222. The lowest BCUT2D eigenvalue weighted by atomic mass is 10.2. The van der Waals surface area contributed by atoms with Crippen LogP contribution in [0.3, 0.4) is 0 Å². The SMILES string of the molecule is COc1ccc(-c2nnc(CNc3ccccc3C)o2)cc1OC. The Bertz CT molecular complexity index is 830. The summed E-state index contributed by atoms with van der Waals surface area (Å²) in [6.45, 7) is 2.51. The van der Waals surface area contributed by atoms with Crippen LogP contribution < -0.4 is 14.8 Å². The van der Waals surface area contributed by atoms with Gasteiger partial charge in [0.15, 0.2) is 11.5 Å². The van der Waals surface area contributed by atoms with E-state index >= 15 is 0 Å². The summed E-state index contributed by atoms with van der Waals surface area (Å²) in [5.74, 6) is 2.23. The fourth-order valence-electron chi connectivity index (χ4n) is 2.35. The number of anilines is 1. The molecular weight excluding hydrogens is 306 g/mol. The van der Waals surface area contributed by atoms with Crippen LogP contribution in [0.4, 0.5) is 5.69 Å². The minimum absolute atomic E-state index is 0.442. The van der Waals surface area contributed by atoms with E-state index in [0.717, 1.165) is 16.8 Å². The predicted octanol–water partition coefficient (Wildman–Crippen LogP) is 3.67. The number of aryl methyl sites for hydroxylation is 1. The Kier molecular flexibility index (Phi) is 4.65. The average molecular weight is 325 g/mol. The van der Waals surface area contributed by atoms with Crippen LogP contribution in [0.1, 0.15) is 11.5 Å². The quantitative estimate of drug-likeness (QED) is 0.745. The molecule has 0 atom stereocenters. The summed E-state index contributed by atoms with van der Waals surface area (Å²) in [5.41, 5.74) is 2.99. The third kappa shape index (κ3) is 3.32. The van der Waals surface area contributed by atoms with E-state index < -0.39 is 0 Å². The molecule has 0 bridgehead atoms. The van der Waals surface area contributed by atoms with Crippen LogP contribution in [-0.4, -0.2) is 24.4 Å². The Labute approximate surface area is 140 Å². The van der Waals surface area contributed by atoms with Crippen molar-refractivity contribution in [1.29, 1.82) is 0 Å². The van der Waals surface area contributed by atoms with Crippen LogP contribution in [0.5, 0.6) is 11.5 Å². The highest BCUT2D eigenvalue weighted by Gasteiger charge is 2.12. The summed E-state index contributed by atoms with van der Waals surface area (Å²) < 4.78 is 16.2. The van der Waals surface area contributed by atoms with Crippen molar-refractivity contribution >= 4 is 5.69 Å². The molecule has 0 unspecified atom stereocenters. The van der Waals surface area contributed by atoms with Gasteiger partial charge in [-0.3, -0.25) is 0 Å². The molecule has 1 heterocycles. The van der Waals surface area contributed by atoms with Crippen molar-refractivity contribution in [3.05, 3.63) is 53.9 Å². The molecular formula is C18H19N3O3. The Hall–Kier alpha value is -3.02. The maximum Gasteiger partial charge on any atom is 0.247 e. The van der Waals surface area contributed by atoms with E-state index in [2.05, 4.69) is 15.5 Å². The smallest absolute Gasteiger partial charge is 0.247 e. The first-order valence-corrected chi connectivity index (χ1v) is 7.55. The largest absolute Gasteiger partial charge is 0.493 e. The van der Waals surface area contributed by atoms with Gasteiger partial charge in [-0.05, 0) is 36.8 Å². The van der Waals surface area contributed by atoms with Gasteiger partial charge in [-0.15, -0.1) is 10.2 Å². The predicted molar refractivity (Wildman–Crippen MR) is 91.3 cm³/mol. The summed E-state index contributed by atoms with van der Waals surface area (Å²) >= 11 is 0. The van der Waals surface area contributed by atoms with E-state index in [9.17, 15) is 0 Å². The third-order valence-corrected chi connectivity index (χ3v) is 3.67. The van der Waals surface area contributed by atoms with Gasteiger partial charge < -0.3 is 19.2 Å². The lowest BCUT2D eigenvalue weighted by molar-refractivity contribution is 0.355. The Morgan fingerprint density at radius 2 is 1.79 bits per heavy atom. The molecule has 3 aromatic rings. The van der Waals surface area contributed by atoms with Gasteiger partial charge in [-0.25, -0.2) is 0 Å². The first-order chi connectivity index (χ1) is 11.7. The van der Waals surface area contributed by atoms with Crippen molar-refractivity contribution < 1.29 is 13.9 Å². The van der Waals surface area contributed by atoms with Crippen LogP contribution in [-0.2, 0) is 6.54 Å². The number of methoxy groups -OCH3 is 2. The lowest BCUT2D eigenvalue weighted by Gasteiger charge is -2.07. The van der Waals surface area contributed by atoms with Crippen LogP contribution in [0.25, 0.3) is 11.5 Å². The number of aromatic nitrogens is 2. The van der Waals surface area contributed by atoms with Crippen molar-refractivity contribution in [3.63, 3.8) is 0 Å². The van der Waals surface area contributed by atoms with Crippen LogP contribution in [0.2, 0.25) is 0 Å². The molecule has 0 saturated carbocycles. The second kappa shape index (κ2) is 7.04. The maximum atomic E-state index is 5.72. The molecule has 0 aliphatic carbocycles. The first-order valence-electron chi connectivity index (χ1n) is 7.55. The van der Waals surface area contributed by atoms with Crippen molar-refractivity contribution in [2.75, 3.05) is 19.5 Å². The standard InChI is InChI=1S/C18H19N3O3/c1-12-6-4-5-7-14(12)19-11-17-20-21-18(24-17)13-8-9-15(22-2)16(10-13)23-3/h4-10,19H,11H2,1-3H3. The molecule has 3 rings (SSSR count). The number of nitrogens with zero attached hydrogens (tertiary/aromatic N) is 2. The minimum atomic E-state index is 0.442. The van der Waals surface area contributed by atoms with Gasteiger partial charge in [0.1, 0.15) is 0 Å². The van der Waals surface area contributed by atoms with Gasteiger partial charge in [0, 0.05) is 11.3 Å². The first kappa shape index (κ1) is 15.9. The highest BCUT2D eigenvalue weighted by atomic mass is 16.5. The molecule has 0 aliphatic heterocycles. The summed E-state index contributed by atoms with van der Waals surface area (Å²) in [4.78, 5) is 0. The van der Waals surface area contributed by atoms with Crippen molar-refractivity contribution in [2.24, 2.45) is 0 Å². The Balaban J connectivity index is 1.75. The molecule has 0 radical (unpaired) electrons. The molecule has 0 amide bonds. The third-order valence-electron chi connectivity index (χ3n) is 3.67. The lowest BCUT2D eigenvalue weighted by Crippen LogP contribution is -2.00. The monoisotopic (exact) mass is 325 g/mol. The molecule has 6 nitrogen and oxygen atoms in total. The van der Waals surface area contributed by atoms with Crippen molar-refractivity contribution in [3.8, 4) is 23.0 Å². The van der Waals surface area contributed by atoms with Crippen LogP contribution >= 0.6 is 0 Å². The molecule has 0 saturated heterocycles. The number of nitrogens with one attached hydrogen (secondary N) is 1. The number of ether oxygens (including phenoxy) is 2. The molecule has 0 fully saturated rings. The minimum Gasteiger partial charge on any atom is -0.493 e. The average Bonchev–Trinajstić information content (AvgIpc) is 3.09.